The van der Waals surface area contributed by atoms with Crippen molar-refractivity contribution in [3.05, 3.63) is 0 Å². The Balaban J connectivity index is 1.75. The third-order valence-corrected chi connectivity index (χ3v) is 4.09. The molecule has 2 aliphatic carbocycles. The molecule has 0 heterocycles. The minimum Gasteiger partial charge on any atom is -0.378 e. The lowest BCUT2D eigenvalue weighted by molar-refractivity contribution is -0.135. The minimum atomic E-state index is -0.200. The molecule has 0 aromatic heterocycles. The maximum Gasteiger partial charge on any atom is 0.223 e. The van der Waals surface area contributed by atoms with Crippen LogP contribution in [0.4, 0.5) is 0 Å². The van der Waals surface area contributed by atoms with Gasteiger partial charge in [-0.15, -0.1) is 0 Å². The highest BCUT2D eigenvalue weighted by atomic mass is 16.5. The lowest BCUT2D eigenvalue weighted by atomic mass is 9.77. The van der Waals surface area contributed by atoms with Gasteiger partial charge in [-0.05, 0) is 32.1 Å². The van der Waals surface area contributed by atoms with E-state index >= 15 is 0 Å². The summed E-state index contributed by atoms with van der Waals surface area (Å²) >= 11 is 0. The molecule has 2 rings (SSSR count). The van der Waals surface area contributed by atoms with Gasteiger partial charge in [0.1, 0.15) is 5.78 Å². The highest BCUT2D eigenvalue weighted by Crippen LogP contribution is 2.37. The molecule has 17 heavy (non-hydrogen) atoms. The fourth-order valence-electron chi connectivity index (χ4n) is 2.68. The highest BCUT2D eigenvalue weighted by Gasteiger charge is 2.39. The van der Waals surface area contributed by atoms with Crippen LogP contribution in [0.5, 0.6) is 0 Å². The van der Waals surface area contributed by atoms with Crippen LogP contribution >= 0.6 is 0 Å². The predicted octanol–water partition coefficient (Wildman–Crippen LogP) is 1.57. The Morgan fingerprint density at radius 2 is 2.06 bits per heavy atom. The average Bonchev–Trinajstić information content (AvgIpc) is 2.27. The minimum absolute atomic E-state index is 0.0749. The van der Waals surface area contributed by atoms with Crippen LogP contribution in [0.2, 0.25) is 0 Å². The van der Waals surface area contributed by atoms with Crippen LogP contribution in [0.15, 0.2) is 0 Å². The second kappa shape index (κ2) is 5.17. The van der Waals surface area contributed by atoms with Gasteiger partial charge >= 0.3 is 0 Å². The van der Waals surface area contributed by atoms with Crippen LogP contribution in [0, 0.1) is 0 Å². The first-order chi connectivity index (χ1) is 8.13. The third kappa shape index (κ3) is 3.06. The van der Waals surface area contributed by atoms with Crippen LogP contribution in [-0.2, 0) is 14.3 Å². The molecule has 0 atom stereocenters. The molecule has 0 radical (unpaired) electrons. The van der Waals surface area contributed by atoms with Crippen molar-refractivity contribution in [3.63, 3.8) is 0 Å². The molecular weight excluding hydrogens is 218 g/mol. The lowest BCUT2D eigenvalue weighted by Crippen LogP contribution is -2.46. The highest BCUT2D eigenvalue weighted by molar-refractivity contribution is 5.80. The Morgan fingerprint density at radius 1 is 1.41 bits per heavy atom. The summed E-state index contributed by atoms with van der Waals surface area (Å²) in [5, 5.41) is 3.03. The first-order valence-electron chi connectivity index (χ1n) is 6.50. The standard InChI is InChI=1S/C13H21NO3/c1-17-13(7-2-8-13)9-12(16)14-10-3-5-11(15)6-4-10/h10H,2-9H2,1H3,(H,14,16). The van der Waals surface area contributed by atoms with E-state index < -0.39 is 0 Å². The molecule has 2 aliphatic rings. The Kier molecular flexibility index (Phi) is 3.82. The molecule has 0 aliphatic heterocycles. The van der Waals surface area contributed by atoms with E-state index in [0.717, 1.165) is 32.1 Å². The molecule has 1 N–H and O–H groups in total. The molecule has 0 bridgehead atoms. The van der Waals surface area contributed by atoms with Gasteiger partial charge in [-0.1, -0.05) is 0 Å². The average molecular weight is 239 g/mol. The molecule has 0 aromatic carbocycles. The zero-order valence-corrected chi connectivity index (χ0v) is 10.5. The van der Waals surface area contributed by atoms with Gasteiger partial charge in [0.05, 0.1) is 12.0 Å². The Labute approximate surface area is 102 Å². The number of carbonyl (C=O) groups excluding carboxylic acids is 2. The second-order valence-corrected chi connectivity index (χ2v) is 5.30. The molecule has 0 saturated heterocycles. The normalized spacial score (nSPS) is 24.2. The zero-order valence-electron chi connectivity index (χ0n) is 10.5. The number of methoxy groups -OCH3 is 1. The van der Waals surface area contributed by atoms with Crippen molar-refractivity contribution in [2.24, 2.45) is 0 Å². The monoisotopic (exact) mass is 239 g/mol. The second-order valence-electron chi connectivity index (χ2n) is 5.30. The topological polar surface area (TPSA) is 55.4 Å². The van der Waals surface area contributed by atoms with Crippen molar-refractivity contribution in [1.82, 2.24) is 5.32 Å². The van der Waals surface area contributed by atoms with E-state index in [4.69, 9.17) is 4.74 Å². The van der Waals surface area contributed by atoms with E-state index in [0.29, 0.717) is 25.0 Å². The number of ketones is 1. The van der Waals surface area contributed by atoms with E-state index in [9.17, 15) is 9.59 Å². The molecule has 4 nitrogen and oxygen atoms in total. The summed E-state index contributed by atoms with van der Waals surface area (Å²) in [4.78, 5) is 23.0. The van der Waals surface area contributed by atoms with Crippen molar-refractivity contribution in [2.75, 3.05) is 7.11 Å². The van der Waals surface area contributed by atoms with E-state index in [2.05, 4.69) is 5.32 Å². The third-order valence-electron chi connectivity index (χ3n) is 4.09. The van der Waals surface area contributed by atoms with Crippen LogP contribution < -0.4 is 5.32 Å². The summed E-state index contributed by atoms with van der Waals surface area (Å²) in [7, 11) is 1.69. The largest absolute Gasteiger partial charge is 0.378 e. The van der Waals surface area contributed by atoms with Gasteiger partial charge in [-0.3, -0.25) is 9.59 Å². The number of Topliss-reactive ketones (excluding diaryl/α,β-unsaturated/α-hetero) is 1. The SMILES string of the molecule is COC1(CC(=O)NC2CCC(=O)CC2)CCC1. The van der Waals surface area contributed by atoms with Gasteiger partial charge in [0.25, 0.3) is 0 Å². The molecule has 2 saturated carbocycles. The number of amides is 1. The molecule has 0 aromatic rings. The summed E-state index contributed by atoms with van der Waals surface area (Å²) in [5.41, 5.74) is -0.200. The van der Waals surface area contributed by atoms with Gasteiger partial charge in [-0.2, -0.15) is 0 Å². The lowest BCUT2D eigenvalue weighted by Gasteiger charge is -2.40. The Morgan fingerprint density at radius 3 is 2.53 bits per heavy atom. The van der Waals surface area contributed by atoms with Crippen molar-refractivity contribution in [3.8, 4) is 0 Å². The molecule has 2 fully saturated rings. The maximum atomic E-state index is 11.9. The first kappa shape index (κ1) is 12.6. The predicted molar refractivity (Wildman–Crippen MR) is 63.6 cm³/mol. The number of hydrogen-bond donors (Lipinski definition) is 1. The summed E-state index contributed by atoms with van der Waals surface area (Å²) < 4.78 is 5.44. The van der Waals surface area contributed by atoms with Crippen molar-refractivity contribution < 1.29 is 14.3 Å². The van der Waals surface area contributed by atoms with E-state index in [1.54, 1.807) is 7.11 Å². The van der Waals surface area contributed by atoms with Gasteiger partial charge in [0, 0.05) is 26.0 Å². The van der Waals surface area contributed by atoms with Gasteiger partial charge < -0.3 is 10.1 Å². The van der Waals surface area contributed by atoms with Crippen molar-refractivity contribution in [2.45, 2.75) is 63.0 Å². The molecule has 4 heteroatoms. The molecule has 96 valence electrons. The molecule has 0 unspecified atom stereocenters. The number of nitrogens with one attached hydrogen (secondary N) is 1. The quantitative estimate of drug-likeness (QED) is 0.810. The van der Waals surface area contributed by atoms with Gasteiger partial charge in [0.2, 0.25) is 5.91 Å². The smallest absolute Gasteiger partial charge is 0.223 e. The summed E-state index contributed by atoms with van der Waals surface area (Å²) in [6.45, 7) is 0. The van der Waals surface area contributed by atoms with Crippen LogP contribution in [0.1, 0.15) is 51.4 Å². The number of ether oxygens (including phenoxy) is 1. The number of hydrogen-bond acceptors (Lipinski definition) is 3. The molecule has 1 amide bonds. The van der Waals surface area contributed by atoms with Gasteiger partial charge in [0.15, 0.2) is 0 Å². The summed E-state index contributed by atoms with van der Waals surface area (Å²) in [6, 6.07) is 0.189. The van der Waals surface area contributed by atoms with Crippen LogP contribution in [0.3, 0.4) is 0 Å². The Hall–Kier alpha value is -0.900. The van der Waals surface area contributed by atoms with Crippen molar-refractivity contribution in [1.29, 1.82) is 0 Å². The fourth-order valence-corrected chi connectivity index (χ4v) is 2.68. The molecule has 0 spiro atoms. The van der Waals surface area contributed by atoms with E-state index in [-0.39, 0.29) is 17.6 Å². The molecular formula is C13H21NO3. The first-order valence-corrected chi connectivity index (χ1v) is 6.50. The Bertz CT molecular complexity index is 294. The van der Waals surface area contributed by atoms with Crippen LogP contribution in [-0.4, -0.2) is 30.4 Å². The number of carbonyl (C=O) groups is 2. The van der Waals surface area contributed by atoms with Crippen molar-refractivity contribution >= 4 is 11.7 Å². The summed E-state index contributed by atoms with van der Waals surface area (Å²) in [5.74, 6) is 0.397. The number of rotatable bonds is 4. The maximum absolute atomic E-state index is 11.9. The van der Waals surface area contributed by atoms with E-state index in [1.165, 1.54) is 0 Å². The van der Waals surface area contributed by atoms with E-state index in [1.807, 2.05) is 0 Å². The fraction of sp³-hybridized carbons (Fsp3) is 0.846. The summed E-state index contributed by atoms with van der Waals surface area (Å²) in [6.07, 6.45) is 6.41. The zero-order chi connectivity index (χ0) is 12.3. The van der Waals surface area contributed by atoms with Gasteiger partial charge in [-0.25, -0.2) is 0 Å². The van der Waals surface area contributed by atoms with Crippen LogP contribution in [0.25, 0.3) is 0 Å².